The van der Waals surface area contributed by atoms with Crippen LogP contribution in [0.3, 0.4) is 0 Å². The molecule has 0 radical (unpaired) electrons. The standard InChI is InChI=1S/C17H30N4O2/c1-11(2)18-16(22)19-15-8-12(17(15,3)4)7-13-9-14(23-20-13)10-21(5)6/h9,11-12,15H,7-8,10H2,1-6H3,(H2,18,19,22). The lowest BCUT2D eigenvalue weighted by Crippen LogP contribution is -2.60. The maximum Gasteiger partial charge on any atom is 0.315 e. The van der Waals surface area contributed by atoms with Crippen molar-refractivity contribution >= 4 is 6.03 Å². The molecule has 0 saturated heterocycles. The summed E-state index contributed by atoms with van der Waals surface area (Å²) in [5.41, 5.74) is 1.07. The Bertz CT molecular complexity index is 536. The molecule has 23 heavy (non-hydrogen) atoms. The molecule has 2 unspecified atom stereocenters. The second-order valence-electron chi connectivity index (χ2n) is 7.81. The monoisotopic (exact) mass is 322 g/mol. The average Bonchev–Trinajstić information content (AvgIpc) is 2.83. The largest absolute Gasteiger partial charge is 0.360 e. The second-order valence-corrected chi connectivity index (χ2v) is 7.81. The number of aromatic nitrogens is 1. The van der Waals surface area contributed by atoms with Gasteiger partial charge in [0.1, 0.15) is 0 Å². The molecule has 1 fully saturated rings. The first kappa shape index (κ1) is 17.8. The quantitative estimate of drug-likeness (QED) is 0.844. The summed E-state index contributed by atoms with van der Waals surface area (Å²) in [6.45, 7) is 9.11. The molecule has 2 rings (SSSR count). The molecule has 0 spiro atoms. The van der Waals surface area contributed by atoms with Crippen LogP contribution in [0.2, 0.25) is 0 Å². The van der Waals surface area contributed by atoms with E-state index in [0.29, 0.717) is 5.92 Å². The van der Waals surface area contributed by atoms with Gasteiger partial charge in [0.25, 0.3) is 0 Å². The number of nitrogens with zero attached hydrogens (tertiary/aromatic N) is 2. The number of nitrogens with one attached hydrogen (secondary N) is 2. The lowest BCUT2D eigenvalue weighted by Gasteiger charge is -2.52. The highest BCUT2D eigenvalue weighted by Gasteiger charge is 2.48. The molecule has 6 heteroatoms. The van der Waals surface area contributed by atoms with Gasteiger partial charge < -0.3 is 20.1 Å². The number of amides is 2. The zero-order valence-corrected chi connectivity index (χ0v) is 15.1. The number of carbonyl (C=O) groups excluding carboxylic acids is 1. The van der Waals surface area contributed by atoms with Gasteiger partial charge in [0.2, 0.25) is 0 Å². The van der Waals surface area contributed by atoms with Gasteiger partial charge in [-0.3, -0.25) is 0 Å². The molecule has 2 N–H and O–H groups in total. The Balaban J connectivity index is 1.86. The van der Waals surface area contributed by atoms with E-state index in [9.17, 15) is 4.79 Å². The summed E-state index contributed by atoms with van der Waals surface area (Å²) in [4.78, 5) is 13.9. The Morgan fingerprint density at radius 3 is 2.74 bits per heavy atom. The zero-order valence-electron chi connectivity index (χ0n) is 15.1. The van der Waals surface area contributed by atoms with Gasteiger partial charge in [-0.15, -0.1) is 0 Å². The van der Waals surface area contributed by atoms with E-state index in [2.05, 4.69) is 34.5 Å². The van der Waals surface area contributed by atoms with Crippen LogP contribution in [0.15, 0.2) is 10.6 Å². The molecule has 1 aliphatic rings. The molecule has 0 aromatic carbocycles. The predicted molar refractivity (Wildman–Crippen MR) is 90.1 cm³/mol. The third-order valence-electron chi connectivity index (χ3n) is 4.73. The first-order valence-electron chi connectivity index (χ1n) is 8.34. The highest BCUT2D eigenvalue weighted by atomic mass is 16.5. The first-order chi connectivity index (χ1) is 10.7. The van der Waals surface area contributed by atoms with Crippen LogP contribution in [-0.2, 0) is 13.0 Å². The third kappa shape index (κ3) is 4.47. The van der Waals surface area contributed by atoms with Crippen LogP contribution < -0.4 is 10.6 Å². The maximum absolute atomic E-state index is 11.9. The van der Waals surface area contributed by atoms with Crippen molar-refractivity contribution in [1.82, 2.24) is 20.7 Å². The number of hydrogen-bond acceptors (Lipinski definition) is 4. The van der Waals surface area contributed by atoms with Crippen LogP contribution in [0.25, 0.3) is 0 Å². The van der Waals surface area contributed by atoms with Gasteiger partial charge in [-0.1, -0.05) is 19.0 Å². The van der Waals surface area contributed by atoms with E-state index in [0.717, 1.165) is 30.8 Å². The van der Waals surface area contributed by atoms with Crippen LogP contribution in [-0.4, -0.2) is 42.3 Å². The molecular formula is C17H30N4O2. The molecule has 2 atom stereocenters. The third-order valence-corrected chi connectivity index (χ3v) is 4.73. The predicted octanol–water partition coefficient (Wildman–Crippen LogP) is 2.40. The molecule has 1 saturated carbocycles. The van der Waals surface area contributed by atoms with Gasteiger partial charge in [0, 0.05) is 18.2 Å². The van der Waals surface area contributed by atoms with Crippen molar-refractivity contribution in [2.75, 3.05) is 14.1 Å². The normalized spacial score (nSPS) is 23.0. The molecule has 0 aliphatic heterocycles. The van der Waals surface area contributed by atoms with Crippen molar-refractivity contribution in [3.8, 4) is 0 Å². The van der Waals surface area contributed by atoms with Crippen molar-refractivity contribution < 1.29 is 9.32 Å². The lowest BCUT2D eigenvalue weighted by molar-refractivity contribution is 0.0199. The van der Waals surface area contributed by atoms with Gasteiger partial charge in [-0.2, -0.15) is 0 Å². The van der Waals surface area contributed by atoms with Gasteiger partial charge in [-0.05, 0) is 52.1 Å². The lowest BCUT2D eigenvalue weighted by atomic mass is 9.57. The molecule has 1 aromatic rings. The average molecular weight is 322 g/mol. The van der Waals surface area contributed by atoms with Gasteiger partial charge in [0.15, 0.2) is 5.76 Å². The fraction of sp³-hybridized carbons (Fsp3) is 0.765. The molecule has 0 bridgehead atoms. The van der Waals surface area contributed by atoms with Crippen LogP contribution in [0.4, 0.5) is 4.79 Å². The van der Waals surface area contributed by atoms with Gasteiger partial charge in [0.05, 0.1) is 12.2 Å². The van der Waals surface area contributed by atoms with Gasteiger partial charge >= 0.3 is 6.03 Å². The topological polar surface area (TPSA) is 70.4 Å². The second kappa shape index (κ2) is 6.91. The summed E-state index contributed by atoms with van der Waals surface area (Å²) in [5.74, 6) is 1.40. The van der Waals surface area contributed by atoms with Crippen molar-refractivity contribution in [2.45, 2.75) is 59.2 Å². The number of hydrogen-bond donors (Lipinski definition) is 2. The van der Waals surface area contributed by atoms with Crippen molar-refractivity contribution in [3.63, 3.8) is 0 Å². The van der Waals surface area contributed by atoms with E-state index < -0.39 is 0 Å². The summed E-state index contributed by atoms with van der Waals surface area (Å²) >= 11 is 0. The van der Waals surface area contributed by atoms with Crippen LogP contribution >= 0.6 is 0 Å². The minimum Gasteiger partial charge on any atom is -0.360 e. The summed E-state index contributed by atoms with van der Waals surface area (Å²) < 4.78 is 5.38. The summed E-state index contributed by atoms with van der Waals surface area (Å²) in [6.07, 6.45) is 1.88. The molecule has 6 nitrogen and oxygen atoms in total. The number of carbonyl (C=O) groups is 1. The molecule has 130 valence electrons. The van der Waals surface area contributed by atoms with E-state index in [1.807, 2.05) is 34.0 Å². The van der Waals surface area contributed by atoms with Crippen molar-refractivity contribution in [2.24, 2.45) is 11.3 Å². The SMILES string of the molecule is CC(C)NC(=O)NC1CC(Cc2cc(CN(C)C)on2)C1(C)C. The molecule has 1 heterocycles. The highest BCUT2D eigenvalue weighted by Crippen LogP contribution is 2.47. The van der Waals surface area contributed by atoms with Crippen molar-refractivity contribution in [1.29, 1.82) is 0 Å². The van der Waals surface area contributed by atoms with E-state index in [1.165, 1.54) is 0 Å². The minimum atomic E-state index is -0.0776. The molecule has 1 aliphatic carbocycles. The first-order valence-corrected chi connectivity index (χ1v) is 8.34. The Hall–Kier alpha value is -1.56. The fourth-order valence-electron chi connectivity index (χ4n) is 3.16. The number of urea groups is 1. The zero-order chi connectivity index (χ0) is 17.2. The summed E-state index contributed by atoms with van der Waals surface area (Å²) in [7, 11) is 4.02. The Morgan fingerprint density at radius 1 is 1.48 bits per heavy atom. The van der Waals surface area contributed by atoms with E-state index in [-0.39, 0.29) is 23.5 Å². The number of rotatable bonds is 6. The van der Waals surface area contributed by atoms with E-state index in [1.54, 1.807) is 0 Å². The molecule has 2 amide bonds. The van der Waals surface area contributed by atoms with Crippen molar-refractivity contribution in [3.05, 3.63) is 17.5 Å². The fourth-order valence-corrected chi connectivity index (χ4v) is 3.16. The summed E-state index contributed by atoms with van der Waals surface area (Å²) in [6, 6.07) is 2.33. The van der Waals surface area contributed by atoms with E-state index >= 15 is 0 Å². The Morgan fingerprint density at radius 2 is 2.17 bits per heavy atom. The Kier molecular flexibility index (Phi) is 5.34. The van der Waals surface area contributed by atoms with Crippen LogP contribution in [0.5, 0.6) is 0 Å². The molecule has 1 aromatic heterocycles. The van der Waals surface area contributed by atoms with E-state index in [4.69, 9.17) is 4.52 Å². The highest BCUT2D eigenvalue weighted by molar-refractivity contribution is 5.74. The Labute approximate surface area is 139 Å². The van der Waals surface area contributed by atoms with Gasteiger partial charge in [-0.25, -0.2) is 4.79 Å². The summed E-state index contributed by atoms with van der Waals surface area (Å²) in [5, 5.41) is 10.1. The minimum absolute atomic E-state index is 0.0645. The molecular weight excluding hydrogens is 292 g/mol. The van der Waals surface area contributed by atoms with Crippen LogP contribution in [0, 0.1) is 11.3 Å². The smallest absolute Gasteiger partial charge is 0.315 e. The van der Waals surface area contributed by atoms with Crippen LogP contribution in [0.1, 0.15) is 45.6 Å². The maximum atomic E-state index is 11.9.